The first kappa shape index (κ1) is 16.4. The van der Waals surface area contributed by atoms with E-state index >= 15 is 0 Å². The Morgan fingerprint density at radius 1 is 1.13 bits per heavy atom. The number of hydrogen-bond donors (Lipinski definition) is 1. The molecule has 1 N–H and O–H groups in total. The van der Waals surface area contributed by atoms with E-state index in [-0.39, 0.29) is 16.6 Å². The highest BCUT2D eigenvalue weighted by molar-refractivity contribution is 9.10. The van der Waals surface area contributed by atoms with E-state index in [2.05, 4.69) is 25.6 Å². The molecule has 0 radical (unpaired) electrons. The smallest absolute Gasteiger partial charge is 0.242 e. The van der Waals surface area contributed by atoms with Crippen LogP contribution in [0.5, 0.6) is 0 Å². The molecule has 7 heteroatoms. The van der Waals surface area contributed by atoms with Gasteiger partial charge in [0.05, 0.1) is 4.47 Å². The maximum absolute atomic E-state index is 12.4. The molecule has 0 unspecified atom stereocenters. The van der Waals surface area contributed by atoms with Gasteiger partial charge in [0.15, 0.2) is 0 Å². The third-order valence-electron chi connectivity index (χ3n) is 3.41. The second-order valence-electron chi connectivity index (χ2n) is 4.91. The van der Waals surface area contributed by atoms with Crippen molar-refractivity contribution < 1.29 is 8.42 Å². The first-order valence-corrected chi connectivity index (χ1v) is 9.40. The molecular weight excluding hydrogens is 400 g/mol. The minimum Gasteiger partial charge on any atom is -0.242 e. The van der Waals surface area contributed by atoms with Crippen LogP contribution < -0.4 is 4.72 Å². The minimum absolute atomic E-state index is 0.0639. The van der Waals surface area contributed by atoms with Gasteiger partial charge in [0.25, 0.3) is 0 Å². The van der Waals surface area contributed by atoms with E-state index in [9.17, 15) is 8.42 Å². The van der Waals surface area contributed by atoms with Gasteiger partial charge in [-0.05, 0) is 38.3 Å². The van der Waals surface area contributed by atoms with Gasteiger partial charge in [0, 0.05) is 12.7 Å². The second-order valence-corrected chi connectivity index (χ2v) is 7.89. The van der Waals surface area contributed by atoms with Crippen LogP contribution in [0.15, 0.2) is 64.1 Å². The lowest BCUT2D eigenvalue weighted by molar-refractivity contribution is 0.581. The van der Waals surface area contributed by atoms with Crippen molar-refractivity contribution in [3.05, 3.63) is 69.9 Å². The monoisotopic (exact) mass is 410 g/mol. The Balaban J connectivity index is 1.87. The number of nitrogens with one attached hydrogen (secondary N) is 1. The van der Waals surface area contributed by atoms with Crippen molar-refractivity contribution in [2.75, 3.05) is 0 Å². The fraction of sp³-hybridized carbons (Fsp3) is 0.0625. The maximum Gasteiger partial charge on any atom is 0.242 e. The van der Waals surface area contributed by atoms with E-state index in [4.69, 9.17) is 11.6 Å². The molecule has 0 saturated heterocycles. The predicted molar refractivity (Wildman–Crippen MR) is 94.9 cm³/mol. The second kappa shape index (κ2) is 6.57. The lowest BCUT2D eigenvalue weighted by Crippen LogP contribution is -2.23. The fourth-order valence-corrected chi connectivity index (χ4v) is 3.83. The number of rotatable bonds is 4. The summed E-state index contributed by atoms with van der Waals surface area (Å²) in [6.45, 7) is 0.198. The van der Waals surface area contributed by atoms with Crippen molar-refractivity contribution in [2.24, 2.45) is 0 Å². The number of benzene rings is 2. The Morgan fingerprint density at radius 2 is 1.87 bits per heavy atom. The number of sulfonamides is 1. The molecule has 1 aromatic heterocycles. The van der Waals surface area contributed by atoms with Gasteiger partial charge in [0.1, 0.15) is 10.0 Å². The molecule has 0 fully saturated rings. The van der Waals surface area contributed by atoms with Crippen LogP contribution in [0, 0.1) is 0 Å². The van der Waals surface area contributed by atoms with Gasteiger partial charge < -0.3 is 0 Å². The normalized spacial score (nSPS) is 11.7. The minimum atomic E-state index is -3.67. The standard InChI is InChI=1S/C16H12BrClN2O2S/c17-15-8-13(10-19-16(15)18)23(21,22)20-9-12-6-3-5-11-4-1-2-7-14(11)12/h1-8,10,20H,9H2. The molecule has 0 aliphatic heterocycles. The lowest BCUT2D eigenvalue weighted by atomic mass is 10.1. The highest BCUT2D eigenvalue weighted by atomic mass is 79.9. The van der Waals surface area contributed by atoms with Crippen LogP contribution in [0.2, 0.25) is 5.15 Å². The van der Waals surface area contributed by atoms with Gasteiger partial charge in [-0.25, -0.2) is 18.1 Å². The van der Waals surface area contributed by atoms with Crippen LogP contribution >= 0.6 is 27.5 Å². The number of hydrogen-bond acceptors (Lipinski definition) is 3. The SMILES string of the molecule is O=S(=O)(NCc1cccc2ccccc12)c1cnc(Cl)c(Br)c1. The van der Waals surface area contributed by atoms with Crippen molar-refractivity contribution in [3.63, 3.8) is 0 Å². The van der Waals surface area contributed by atoms with Gasteiger partial charge in [-0.1, -0.05) is 54.1 Å². The van der Waals surface area contributed by atoms with Crippen LogP contribution in [0.1, 0.15) is 5.56 Å². The van der Waals surface area contributed by atoms with Crippen LogP contribution in [-0.2, 0) is 16.6 Å². The maximum atomic E-state index is 12.4. The van der Waals surface area contributed by atoms with E-state index in [1.165, 1.54) is 12.3 Å². The van der Waals surface area contributed by atoms with Crippen LogP contribution in [-0.4, -0.2) is 13.4 Å². The van der Waals surface area contributed by atoms with Crippen molar-refractivity contribution in [1.82, 2.24) is 9.71 Å². The lowest BCUT2D eigenvalue weighted by Gasteiger charge is -2.09. The fourth-order valence-electron chi connectivity index (χ4n) is 2.25. The molecule has 4 nitrogen and oxygen atoms in total. The van der Waals surface area contributed by atoms with Gasteiger partial charge in [-0.3, -0.25) is 0 Å². The Hall–Kier alpha value is -1.47. The molecule has 0 aliphatic rings. The molecular formula is C16H12BrClN2O2S. The highest BCUT2D eigenvalue weighted by Crippen LogP contribution is 2.23. The van der Waals surface area contributed by atoms with E-state index in [0.29, 0.717) is 4.47 Å². The number of halogens is 2. The first-order chi connectivity index (χ1) is 11.0. The summed E-state index contributed by atoms with van der Waals surface area (Å²) in [4.78, 5) is 3.91. The summed E-state index contributed by atoms with van der Waals surface area (Å²) in [6.07, 6.45) is 1.23. The molecule has 0 aliphatic carbocycles. The molecule has 0 bridgehead atoms. The molecule has 0 spiro atoms. The van der Waals surface area contributed by atoms with E-state index < -0.39 is 10.0 Å². The van der Waals surface area contributed by atoms with E-state index in [0.717, 1.165) is 16.3 Å². The summed E-state index contributed by atoms with van der Waals surface area (Å²) in [5, 5.41) is 2.31. The van der Waals surface area contributed by atoms with Crippen LogP contribution in [0.4, 0.5) is 0 Å². The Morgan fingerprint density at radius 3 is 2.65 bits per heavy atom. The third-order valence-corrected chi connectivity index (χ3v) is 5.92. The molecule has 23 heavy (non-hydrogen) atoms. The van der Waals surface area contributed by atoms with Crippen molar-refractivity contribution in [2.45, 2.75) is 11.4 Å². The molecule has 118 valence electrons. The topological polar surface area (TPSA) is 59.1 Å². The van der Waals surface area contributed by atoms with Crippen molar-refractivity contribution in [1.29, 1.82) is 0 Å². The molecule has 3 rings (SSSR count). The summed E-state index contributed by atoms with van der Waals surface area (Å²) in [7, 11) is -3.67. The number of fused-ring (bicyclic) bond motifs is 1. The molecule has 1 heterocycles. The van der Waals surface area contributed by atoms with Gasteiger partial charge in [-0.2, -0.15) is 0 Å². The van der Waals surface area contributed by atoms with Crippen LogP contribution in [0.25, 0.3) is 10.8 Å². The first-order valence-electron chi connectivity index (χ1n) is 6.75. The summed E-state index contributed by atoms with van der Waals surface area (Å²) in [5.41, 5.74) is 0.910. The average molecular weight is 412 g/mol. The van der Waals surface area contributed by atoms with E-state index in [1.54, 1.807) is 0 Å². The average Bonchev–Trinajstić information content (AvgIpc) is 2.55. The zero-order chi connectivity index (χ0) is 16.4. The molecule has 3 aromatic rings. The van der Waals surface area contributed by atoms with Gasteiger partial charge >= 0.3 is 0 Å². The highest BCUT2D eigenvalue weighted by Gasteiger charge is 2.16. The molecule has 0 saturated carbocycles. The van der Waals surface area contributed by atoms with E-state index in [1.807, 2.05) is 42.5 Å². The summed E-state index contributed by atoms with van der Waals surface area (Å²) in [6, 6.07) is 15.1. The molecule has 2 aromatic carbocycles. The zero-order valence-electron chi connectivity index (χ0n) is 11.8. The summed E-state index contributed by atoms with van der Waals surface area (Å²) < 4.78 is 27.8. The number of aromatic nitrogens is 1. The molecule has 0 amide bonds. The Kier molecular flexibility index (Phi) is 4.68. The van der Waals surface area contributed by atoms with Crippen molar-refractivity contribution in [3.8, 4) is 0 Å². The quantitative estimate of drug-likeness (QED) is 0.657. The number of pyridine rings is 1. The van der Waals surface area contributed by atoms with Gasteiger partial charge in [0.2, 0.25) is 10.0 Å². The van der Waals surface area contributed by atoms with Gasteiger partial charge in [-0.15, -0.1) is 0 Å². The zero-order valence-corrected chi connectivity index (χ0v) is 15.0. The summed E-state index contributed by atoms with van der Waals surface area (Å²) in [5.74, 6) is 0. The number of nitrogens with zero attached hydrogens (tertiary/aromatic N) is 1. The Labute approximate surface area is 147 Å². The van der Waals surface area contributed by atoms with Crippen molar-refractivity contribution >= 4 is 48.3 Å². The largest absolute Gasteiger partial charge is 0.242 e. The van der Waals surface area contributed by atoms with Crippen LogP contribution in [0.3, 0.4) is 0 Å². The Bertz CT molecular complexity index is 971. The molecule has 0 atom stereocenters. The third kappa shape index (κ3) is 3.55. The summed E-state index contributed by atoms with van der Waals surface area (Å²) >= 11 is 8.98. The predicted octanol–water partition coefficient (Wildman–Crippen LogP) is 4.13.